The van der Waals surface area contributed by atoms with Crippen LogP contribution >= 0.6 is 11.8 Å². The second-order valence-corrected chi connectivity index (χ2v) is 5.84. The molecule has 0 atom stereocenters. The van der Waals surface area contributed by atoms with Crippen molar-refractivity contribution in [1.82, 2.24) is 15.2 Å². The van der Waals surface area contributed by atoms with Crippen LogP contribution in [0.3, 0.4) is 0 Å². The number of thioether (sulfide) groups is 1. The summed E-state index contributed by atoms with van der Waals surface area (Å²) < 4.78 is 19.3. The van der Waals surface area contributed by atoms with Crippen molar-refractivity contribution in [2.45, 2.75) is 5.16 Å². The molecule has 0 saturated heterocycles. The summed E-state index contributed by atoms with van der Waals surface area (Å²) in [6, 6.07) is 15.4. The average Bonchev–Trinajstić information content (AvgIpc) is 3.08. The van der Waals surface area contributed by atoms with Crippen LogP contribution < -0.4 is 4.74 Å². The maximum Gasteiger partial charge on any atom is 0.208 e. The van der Waals surface area contributed by atoms with Crippen molar-refractivity contribution in [1.29, 1.82) is 5.26 Å². The number of aromatic nitrogens is 3. The number of rotatable bonds is 6. The molecule has 1 heterocycles. The molecular formula is C17H13FN4OS. The first-order valence-corrected chi connectivity index (χ1v) is 8.18. The van der Waals surface area contributed by atoms with E-state index in [-0.39, 0.29) is 5.82 Å². The van der Waals surface area contributed by atoms with Crippen molar-refractivity contribution in [3.63, 3.8) is 0 Å². The molecule has 5 nitrogen and oxygen atoms in total. The molecule has 0 amide bonds. The first kappa shape index (κ1) is 16.0. The lowest BCUT2D eigenvalue weighted by atomic mass is 10.2. The van der Waals surface area contributed by atoms with Crippen LogP contribution in [0.15, 0.2) is 53.7 Å². The van der Waals surface area contributed by atoms with E-state index in [1.54, 1.807) is 42.5 Å². The van der Waals surface area contributed by atoms with Crippen LogP contribution in [0.25, 0.3) is 11.4 Å². The summed E-state index contributed by atoms with van der Waals surface area (Å²) in [5.74, 6) is 1.42. The smallest absolute Gasteiger partial charge is 0.208 e. The van der Waals surface area contributed by atoms with Crippen LogP contribution in [0.1, 0.15) is 5.56 Å². The number of hydrogen-bond donors (Lipinski definition) is 1. The van der Waals surface area contributed by atoms with Crippen LogP contribution in [-0.4, -0.2) is 27.5 Å². The highest BCUT2D eigenvalue weighted by Crippen LogP contribution is 2.21. The van der Waals surface area contributed by atoms with Crippen molar-refractivity contribution < 1.29 is 9.13 Å². The van der Waals surface area contributed by atoms with Gasteiger partial charge < -0.3 is 4.74 Å². The van der Waals surface area contributed by atoms with E-state index in [9.17, 15) is 4.39 Å². The fraction of sp³-hybridized carbons (Fsp3) is 0.118. The van der Waals surface area contributed by atoms with Gasteiger partial charge in [-0.25, -0.2) is 9.37 Å². The minimum atomic E-state index is -0.339. The van der Waals surface area contributed by atoms with Crippen molar-refractivity contribution in [3.05, 3.63) is 59.9 Å². The molecule has 1 aromatic heterocycles. The molecule has 0 aliphatic heterocycles. The minimum absolute atomic E-state index is 0.339. The van der Waals surface area contributed by atoms with E-state index >= 15 is 0 Å². The maximum absolute atomic E-state index is 13.7. The highest BCUT2D eigenvalue weighted by atomic mass is 32.2. The van der Waals surface area contributed by atoms with E-state index in [0.717, 1.165) is 0 Å². The first-order chi connectivity index (χ1) is 11.8. The third-order valence-corrected chi connectivity index (χ3v) is 3.97. The normalized spacial score (nSPS) is 10.3. The van der Waals surface area contributed by atoms with Gasteiger partial charge >= 0.3 is 0 Å². The molecule has 3 aromatic rings. The zero-order chi connectivity index (χ0) is 16.8. The Morgan fingerprint density at radius 1 is 1.17 bits per heavy atom. The second-order valence-electron chi connectivity index (χ2n) is 4.78. The largest absolute Gasteiger partial charge is 0.493 e. The van der Waals surface area contributed by atoms with Gasteiger partial charge in [-0.3, -0.25) is 5.10 Å². The minimum Gasteiger partial charge on any atom is -0.493 e. The van der Waals surface area contributed by atoms with Crippen molar-refractivity contribution in [3.8, 4) is 23.2 Å². The van der Waals surface area contributed by atoms with Crippen LogP contribution in [-0.2, 0) is 0 Å². The summed E-state index contributed by atoms with van der Waals surface area (Å²) in [4.78, 5) is 4.27. The van der Waals surface area contributed by atoms with Crippen molar-refractivity contribution in [2.75, 3.05) is 12.4 Å². The molecular weight excluding hydrogens is 327 g/mol. The number of aromatic amines is 1. The number of ether oxygens (including phenoxy) is 1. The van der Waals surface area contributed by atoms with E-state index in [2.05, 4.69) is 21.3 Å². The molecule has 0 fully saturated rings. The van der Waals surface area contributed by atoms with Gasteiger partial charge in [-0.1, -0.05) is 23.9 Å². The Bertz CT molecular complexity index is 858. The number of nitrogens with one attached hydrogen (secondary N) is 1. The standard InChI is InChI=1S/C17H13FN4OS/c18-15-4-2-1-3-14(15)16-20-17(22-21-16)24-10-9-23-13-7-5-12(11-19)6-8-13/h1-8H,9-10H2,(H,20,21,22). The van der Waals surface area contributed by atoms with Gasteiger partial charge in [0.2, 0.25) is 5.16 Å². The second kappa shape index (κ2) is 7.62. The molecule has 0 aliphatic rings. The highest BCUT2D eigenvalue weighted by Gasteiger charge is 2.09. The summed E-state index contributed by atoms with van der Waals surface area (Å²) in [7, 11) is 0. The monoisotopic (exact) mass is 340 g/mol. The zero-order valence-electron chi connectivity index (χ0n) is 12.6. The number of nitriles is 1. The van der Waals surface area contributed by atoms with E-state index in [0.29, 0.717) is 40.2 Å². The van der Waals surface area contributed by atoms with Gasteiger partial charge in [-0.2, -0.15) is 5.26 Å². The summed E-state index contributed by atoms with van der Waals surface area (Å²) in [5, 5.41) is 16.1. The van der Waals surface area contributed by atoms with Gasteiger partial charge in [-0.15, -0.1) is 5.10 Å². The van der Waals surface area contributed by atoms with E-state index in [1.165, 1.54) is 17.8 Å². The van der Waals surface area contributed by atoms with Gasteiger partial charge in [0.05, 0.1) is 23.8 Å². The van der Waals surface area contributed by atoms with Crippen molar-refractivity contribution >= 4 is 11.8 Å². The Balaban J connectivity index is 1.51. The third kappa shape index (κ3) is 3.91. The molecule has 0 unspecified atom stereocenters. The van der Waals surface area contributed by atoms with Crippen LogP contribution in [0.5, 0.6) is 5.75 Å². The summed E-state index contributed by atoms with van der Waals surface area (Å²) in [5.41, 5.74) is 0.990. The van der Waals surface area contributed by atoms with Gasteiger partial charge in [0.15, 0.2) is 5.82 Å². The molecule has 7 heteroatoms. The predicted octanol–water partition coefficient (Wildman–Crippen LogP) is 3.65. The number of H-pyrrole nitrogens is 1. The summed E-state index contributed by atoms with van der Waals surface area (Å²) in [6.45, 7) is 0.472. The Hall–Kier alpha value is -2.85. The number of nitrogens with zero attached hydrogens (tertiary/aromatic N) is 3. The predicted molar refractivity (Wildman–Crippen MR) is 89.2 cm³/mol. The van der Waals surface area contributed by atoms with Gasteiger partial charge in [-0.05, 0) is 36.4 Å². The van der Waals surface area contributed by atoms with Crippen LogP contribution in [0.4, 0.5) is 4.39 Å². The fourth-order valence-corrected chi connectivity index (χ4v) is 2.62. The molecule has 0 radical (unpaired) electrons. The van der Waals surface area contributed by atoms with Crippen molar-refractivity contribution in [2.24, 2.45) is 0 Å². The maximum atomic E-state index is 13.7. The number of benzene rings is 2. The molecule has 3 rings (SSSR count). The van der Waals surface area contributed by atoms with E-state index < -0.39 is 0 Å². The summed E-state index contributed by atoms with van der Waals surface area (Å²) >= 11 is 1.42. The van der Waals surface area contributed by atoms with E-state index in [1.807, 2.05) is 0 Å². The molecule has 0 spiro atoms. The van der Waals surface area contributed by atoms with Crippen LogP contribution in [0.2, 0.25) is 0 Å². The Morgan fingerprint density at radius 3 is 2.71 bits per heavy atom. The molecule has 24 heavy (non-hydrogen) atoms. The lowest BCUT2D eigenvalue weighted by Gasteiger charge is -2.04. The quantitative estimate of drug-likeness (QED) is 0.547. The molecule has 2 aromatic carbocycles. The fourth-order valence-electron chi connectivity index (χ4n) is 2.00. The highest BCUT2D eigenvalue weighted by molar-refractivity contribution is 7.99. The first-order valence-electron chi connectivity index (χ1n) is 7.19. The molecule has 1 N–H and O–H groups in total. The SMILES string of the molecule is N#Cc1ccc(OCCSc2n[nH]c(-c3ccccc3F)n2)cc1. The Labute approximate surface area is 142 Å². The summed E-state index contributed by atoms with van der Waals surface area (Å²) in [6.07, 6.45) is 0. The zero-order valence-corrected chi connectivity index (χ0v) is 13.4. The van der Waals surface area contributed by atoms with E-state index in [4.69, 9.17) is 10.00 Å². The van der Waals surface area contributed by atoms with Gasteiger partial charge in [0, 0.05) is 5.75 Å². The van der Waals surface area contributed by atoms with Crippen LogP contribution in [0, 0.1) is 17.1 Å². The molecule has 0 aliphatic carbocycles. The number of hydrogen-bond acceptors (Lipinski definition) is 5. The Kier molecular flexibility index (Phi) is 5.08. The Morgan fingerprint density at radius 2 is 1.96 bits per heavy atom. The topological polar surface area (TPSA) is 74.6 Å². The molecule has 0 bridgehead atoms. The van der Waals surface area contributed by atoms with Gasteiger partial charge in [0.1, 0.15) is 11.6 Å². The number of halogens is 1. The van der Waals surface area contributed by atoms with Gasteiger partial charge in [0.25, 0.3) is 0 Å². The molecule has 0 saturated carbocycles. The average molecular weight is 340 g/mol. The lowest BCUT2D eigenvalue weighted by Crippen LogP contribution is -2.00. The lowest BCUT2D eigenvalue weighted by molar-refractivity contribution is 0.344. The third-order valence-electron chi connectivity index (χ3n) is 3.16. The molecule has 120 valence electrons.